The average molecular weight is 393 g/mol. The van der Waals surface area contributed by atoms with Crippen molar-refractivity contribution in [2.75, 3.05) is 13.2 Å². The second-order valence-corrected chi connectivity index (χ2v) is 6.99. The highest BCUT2D eigenvalue weighted by atomic mass is 16.5. The minimum Gasteiger partial charge on any atom is -0.380 e. The number of aliphatic hydroxyl groups is 1. The SMILES string of the molecule is C=C[C@@H](CCCOCc1ccccc1)[C@H](O)C#CCCCOCc1ccccc1. The van der Waals surface area contributed by atoms with Gasteiger partial charge in [0.1, 0.15) is 6.10 Å². The van der Waals surface area contributed by atoms with E-state index in [0.29, 0.717) is 26.4 Å². The highest BCUT2D eigenvalue weighted by molar-refractivity contribution is 5.14. The Hall–Kier alpha value is -2.38. The van der Waals surface area contributed by atoms with Crippen LogP contribution in [-0.2, 0) is 22.7 Å². The molecule has 0 amide bonds. The van der Waals surface area contributed by atoms with Crippen LogP contribution in [0.15, 0.2) is 73.3 Å². The summed E-state index contributed by atoms with van der Waals surface area (Å²) in [4.78, 5) is 0. The van der Waals surface area contributed by atoms with E-state index in [1.54, 1.807) is 6.08 Å². The van der Waals surface area contributed by atoms with E-state index in [2.05, 4.69) is 42.7 Å². The largest absolute Gasteiger partial charge is 0.380 e. The molecule has 2 aromatic rings. The van der Waals surface area contributed by atoms with Gasteiger partial charge in [0.05, 0.1) is 13.2 Å². The topological polar surface area (TPSA) is 38.7 Å². The van der Waals surface area contributed by atoms with Gasteiger partial charge in [0, 0.05) is 25.6 Å². The van der Waals surface area contributed by atoms with Crippen LogP contribution in [0.1, 0.15) is 36.8 Å². The Kier molecular flexibility index (Phi) is 11.5. The number of rotatable bonds is 13. The monoisotopic (exact) mass is 392 g/mol. The molecule has 0 aliphatic carbocycles. The van der Waals surface area contributed by atoms with Crippen LogP contribution in [0.2, 0.25) is 0 Å². The molecule has 0 fully saturated rings. The maximum Gasteiger partial charge on any atom is 0.120 e. The van der Waals surface area contributed by atoms with E-state index in [4.69, 9.17) is 9.47 Å². The van der Waals surface area contributed by atoms with Crippen LogP contribution >= 0.6 is 0 Å². The van der Waals surface area contributed by atoms with Gasteiger partial charge in [0.15, 0.2) is 0 Å². The van der Waals surface area contributed by atoms with Crippen molar-refractivity contribution in [1.82, 2.24) is 0 Å². The smallest absolute Gasteiger partial charge is 0.120 e. The third-order valence-corrected chi connectivity index (χ3v) is 4.60. The van der Waals surface area contributed by atoms with Crippen molar-refractivity contribution < 1.29 is 14.6 Å². The second kappa shape index (κ2) is 14.6. The third kappa shape index (κ3) is 10.1. The molecule has 0 saturated heterocycles. The van der Waals surface area contributed by atoms with Gasteiger partial charge < -0.3 is 14.6 Å². The molecule has 0 unspecified atom stereocenters. The molecule has 2 rings (SSSR count). The maximum atomic E-state index is 10.3. The van der Waals surface area contributed by atoms with Gasteiger partial charge in [0.2, 0.25) is 0 Å². The Morgan fingerprint density at radius 1 is 0.862 bits per heavy atom. The first-order chi connectivity index (χ1) is 14.3. The van der Waals surface area contributed by atoms with Gasteiger partial charge in [0.25, 0.3) is 0 Å². The minimum atomic E-state index is -0.674. The highest BCUT2D eigenvalue weighted by Gasteiger charge is 2.12. The molecule has 0 bridgehead atoms. The molecular weight excluding hydrogens is 360 g/mol. The fourth-order valence-electron chi connectivity index (χ4n) is 2.90. The quantitative estimate of drug-likeness (QED) is 0.291. The summed E-state index contributed by atoms with van der Waals surface area (Å²) in [5.41, 5.74) is 2.35. The second-order valence-electron chi connectivity index (χ2n) is 6.99. The molecule has 3 heteroatoms. The van der Waals surface area contributed by atoms with E-state index < -0.39 is 6.10 Å². The molecule has 0 heterocycles. The van der Waals surface area contributed by atoms with Gasteiger partial charge in [-0.25, -0.2) is 0 Å². The summed E-state index contributed by atoms with van der Waals surface area (Å²) in [6, 6.07) is 20.3. The summed E-state index contributed by atoms with van der Waals surface area (Å²) in [6.07, 6.45) is 4.38. The van der Waals surface area contributed by atoms with Crippen molar-refractivity contribution in [3.8, 4) is 11.8 Å². The molecule has 0 aromatic heterocycles. The maximum absolute atomic E-state index is 10.3. The van der Waals surface area contributed by atoms with Crippen molar-refractivity contribution in [2.45, 2.75) is 45.0 Å². The molecule has 2 aromatic carbocycles. The van der Waals surface area contributed by atoms with Gasteiger partial charge >= 0.3 is 0 Å². The molecule has 3 nitrogen and oxygen atoms in total. The molecule has 0 aliphatic rings. The van der Waals surface area contributed by atoms with Crippen LogP contribution in [0, 0.1) is 17.8 Å². The van der Waals surface area contributed by atoms with E-state index >= 15 is 0 Å². The van der Waals surface area contributed by atoms with E-state index in [1.165, 1.54) is 11.1 Å². The van der Waals surface area contributed by atoms with Gasteiger partial charge in [-0.15, -0.1) is 12.5 Å². The van der Waals surface area contributed by atoms with Crippen LogP contribution in [-0.4, -0.2) is 24.4 Å². The van der Waals surface area contributed by atoms with Crippen LogP contribution < -0.4 is 0 Å². The first-order valence-corrected chi connectivity index (χ1v) is 10.3. The van der Waals surface area contributed by atoms with Gasteiger partial charge in [-0.05, 0) is 30.4 Å². The standard InChI is InChI=1S/C26H32O3/c1-2-25(17-12-20-29-22-24-15-8-4-9-16-24)26(27)18-10-5-11-19-28-21-23-13-6-3-7-14-23/h2-4,6-9,13-16,25-27H,1,5,11-12,17,19-22H2/t25-,26+/m0/s1. The summed E-state index contributed by atoms with van der Waals surface area (Å²) >= 11 is 0. The van der Waals surface area contributed by atoms with Gasteiger partial charge in [-0.3, -0.25) is 0 Å². The zero-order valence-corrected chi connectivity index (χ0v) is 17.1. The van der Waals surface area contributed by atoms with Crippen LogP contribution in [0.25, 0.3) is 0 Å². The summed E-state index contributed by atoms with van der Waals surface area (Å²) in [6.45, 7) is 6.42. The zero-order valence-electron chi connectivity index (χ0n) is 17.1. The zero-order chi connectivity index (χ0) is 20.6. The predicted molar refractivity (Wildman–Crippen MR) is 118 cm³/mol. The van der Waals surface area contributed by atoms with Crippen molar-refractivity contribution >= 4 is 0 Å². The van der Waals surface area contributed by atoms with Crippen molar-refractivity contribution in [1.29, 1.82) is 0 Å². The molecule has 0 saturated carbocycles. The number of hydrogen-bond acceptors (Lipinski definition) is 3. The van der Waals surface area contributed by atoms with Crippen molar-refractivity contribution in [3.05, 3.63) is 84.4 Å². The average Bonchev–Trinajstić information content (AvgIpc) is 2.77. The van der Waals surface area contributed by atoms with Crippen LogP contribution in [0.5, 0.6) is 0 Å². The highest BCUT2D eigenvalue weighted by Crippen LogP contribution is 2.13. The Morgan fingerprint density at radius 2 is 1.41 bits per heavy atom. The third-order valence-electron chi connectivity index (χ3n) is 4.60. The van der Waals surface area contributed by atoms with E-state index in [1.807, 2.05) is 36.4 Å². The summed E-state index contributed by atoms with van der Waals surface area (Å²) in [5.74, 6) is 5.98. The molecule has 0 spiro atoms. The molecule has 0 aliphatic heterocycles. The van der Waals surface area contributed by atoms with Crippen molar-refractivity contribution in [3.63, 3.8) is 0 Å². The number of unbranched alkanes of at least 4 members (excludes halogenated alkanes) is 1. The molecule has 2 atom stereocenters. The summed E-state index contributed by atoms with van der Waals surface area (Å²) < 4.78 is 11.3. The Morgan fingerprint density at radius 3 is 1.97 bits per heavy atom. The number of benzene rings is 2. The Bertz CT molecular complexity index is 731. The minimum absolute atomic E-state index is 0.0304. The lowest BCUT2D eigenvalue weighted by Gasteiger charge is -2.14. The molecule has 0 radical (unpaired) electrons. The van der Waals surface area contributed by atoms with Crippen LogP contribution in [0.4, 0.5) is 0 Å². The lowest BCUT2D eigenvalue weighted by Crippen LogP contribution is -2.17. The molecule has 1 N–H and O–H groups in total. The molecule has 29 heavy (non-hydrogen) atoms. The normalized spacial score (nSPS) is 12.6. The first kappa shape index (κ1) is 22.9. The number of hydrogen-bond donors (Lipinski definition) is 1. The fourth-order valence-corrected chi connectivity index (χ4v) is 2.90. The number of aliphatic hydroxyl groups excluding tert-OH is 1. The lowest BCUT2D eigenvalue weighted by molar-refractivity contribution is 0.108. The van der Waals surface area contributed by atoms with Gasteiger partial charge in [-0.2, -0.15) is 0 Å². The molecule has 154 valence electrons. The van der Waals surface area contributed by atoms with E-state index in [0.717, 1.165) is 25.7 Å². The predicted octanol–water partition coefficient (Wildman–Crippen LogP) is 5.15. The Labute approximate surface area is 175 Å². The summed E-state index contributed by atoms with van der Waals surface area (Å²) in [7, 11) is 0. The van der Waals surface area contributed by atoms with Gasteiger partial charge in [-0.1, -0.05) is 72.7 Å². The first-order valence-electron chi connectivity index (χ1n) is 10.3. The van der Waals surface area contributed by atoms with E-state index in [-0.39, 0.29) is 5.92 Å². The molecular formula is C26H32O3. The summed E-state index contributed by atoms with van der Waals surface area (Å²) in [5, 5.41) is 10.3. The fraction of sp³-hybridized carbons (Fsp3) is 0.385. The number of ether oxygens (including phenoxy) is 2. The van der Waals surface area contributed by atoms with E-state index in [9.17, 15) is 5.11 Å². The lowest BCUT2D eigenvalue weighted by atomic mass is 9.97. The van der Waals surface area contributed by atoms with Crippen molar-refractivity contribution in [2.24, 2.45) is 5.92 Å². The Balaban J connectivity index is 1.54. The van der Waals surface area contributed by atoms with Crippen LogP contribution in [0.3, 0.4) is 0 Å².